The third kappa shape index (κ3) is 2.53. The van der Waals surface area contributed by atoms with Crippen molar-refractivity contribution in [2.45, 2.75) is 37.6 Å². The van der Waals surface area contributed by atoms with Gasteiger partial charge in [0.25, 0.3) is 0 Å². The minimum atomic E-state index is -0.486. The van der Waals surface area contributed by atoms with Crippen LogP contribution in [0.25, 0.3) is 0 Å². The topological polar surface area (TPSA) is 97.3 Å². The third-order valence-corrected chi connectivity index (χ3v) is 4.68. The Hall–Kier alpha value is -1.89. The van der Waals surface area contributed by atoms with E-state index >= 15 is 0 Å². The molecule has 1 aliphatic heterocycles. The summed E-state index contributed by atoms with van der Waals surface area (Å²) in [5.74, 6) is 0.767. The van der Waals surface area contributed by atoms with Gasteiger partial charge in [-0.25, -0.2) is 4.98 Å². The molecular formula is C14H21N5O2. The van der Waals surface area contributed by atoms with Crippen molar-refractivity contribution in [3.8, 4) is 0 Å². The Morgan fingerprint density at radius 1 is 1.33 bits per heavy atom. The molecule has 2 heterocycles. The summed E-state index contributed by atoms with van der Waals surface area (Å²) < 4.78 is 0. The van der Waals surface area contributed by atoms with Gasteiger partial charge in [-0.2, -0.15) is 0 Å². The van der Waals surface area contributed by atoms with Gasteiger partial charge in [-0.3, -0.25) is 10.1 Å². The molecule has 1 saturated heterocycles. The standard InChI is InChI=1S/C14H21N5O2/c15-13-11(19(20)21)4-5-12(17-13)18-9-8-16-10-14(18)6-2-1-3-7-14/h4-5,16H,1-3,6-10H2,(H2,15,17). The van der Waals surface area contributed by atoms with Gasteiger partial charge in [0.2, 0.25) is 5.82 Å². The second kappa shape index (κ2) is 5.48. The van der Waals surface area contributed by atoms with Gasteiger partial charge in [0.05, 0.1) is 10.5 Å². The number of anilines is 2. The highest BCUT2D eigenvalue weighted by atomic mass is 16.6. The van der Waals surface area contributed by atoms with E-state index in [1.165, 1.54) is 25.3 Å². The highest BCUT2D eigenvalue weighted by Gasteiger charge is 2.40. The minimum absolute atomic E-state index is 0.00184. The first-order chi connectivity index (χ1) is 10.1. The lowest BCUT2D eigenvalue weighted by molar-refractivity contribution is -0.384. The molecule has 1 aromatic rings. The highest BCUT2D eigenvalue weighted by Crippen LogP contribution is 2.37. The first kappa shape index (κ1) is 14.1. The predicted molar refractivity (Wildman–Crippen MR) is 81.3 cm³/mol. The second-order valence-corrected chi connectivity index (χ2v) is 5.94. The van der Waals surface area contributed by atoms with E-state index in [2.05, 4.69) is 15.2 Å². The number of hydrogen-bond acceptors (Lipinski definition) is 6. The van der Waals surface area contributed by atoms with Gasteiger partial charge in [0.15, 0.2) is 0 Å². The molecule has 0 amide bonds. The Bertz CT molecular complexity index is 534. The molecule has 114 valence electrons. The monoisotopic (exact) mass is 291 g/mol. The molecule has 1 saturated carbocycles. The summed E-state index contributed by atoms with van der Waals surface area (Å²) >= 11 is 0. The molecule has 3 N–H and O–H groups in total. The number of nitrogens with zero attached hydrogens (tertiary/aromatic N) is 3. The van der Waals surface area contributed by atoms with Crippen molar-refractivity contribution in [2.75, 3.05) is 30.3 Å². The minimum Gasteiger partial charge on any atom is -0.378 e. The van der Waals surface area contributed by atoms with Gasteiger partial charge < -0.3 is 16.0 Å². The average molecular weight is 291 g/mol. The molecule has 1 spiro atoms. The van der Waals surface area contributed by atoms with Crippen molar-refractivity contribution in [1.82, 2.24) is 10.3 Å². The van der Waals surface area contributed by atoms with Crippen molar-refractivity contribution in [3.63, 3.8) is 0 Å². The molecule has 0 aromatic carbocycles. The SMILES string of the molecule is Nc1nc(N2CCNCC23CCCCC3)ccc1[N+](=O)[O-]. The molecule has 1 aliphatic carbocycles. The Kier molecular flexibility index (Phi) is 3.67. The van der Waals surface area contributed by atoms with Crippen molar-refractivity contribution >= 4 is 17.3 Å². The quantitative estimate of drug-likeness (QED) is 0.635. The van der Waals surface area contributed by atoms with Crippen LogP contribution in [0.5, 0.6) is 0 Å². The smallest absolute Gasteiger partial charge is 0.311 e. The van der Waals surface area contributed by atoms with E-state index in [-0.39, 0.29) is 17.0 Å². The number of nitrogen functional groups attached to an aromatic ring is 1. The van der Waals surface area contributed by atoms with Crippen molar-refractivity contribution in [1.29, 1.82) is 0 Å². The van der Waals surface area contributed by atoms with Gasteiger partial charge in [-0.1, -0.05) is 19.3 Å². The molecule has 0 radical (unpaired) electrons. The fourth-order valence-electron chi connectivity index (χ4n) is 3.62. The van der Waals surface area contributed by atoms with Crippen LogP contribution in [-0.4, -0.2) is 35.1 Å². The van der Waals surface area contributed by atoms with Crippen LogP contribution >= 0.6 is 0 Å². The van der Waals surface area contributed by atoms with Crippen molar-refractivity contribution < 1.29 is 4.92 Å². The number of nitro groups is 1. The van der Waals surface area contributed by atoms with E-state index in [0.29, 0.717) is 0 Å². The molecule has 1 aromatic heterocycles. The number of nitrogens with two attached hydrogens (primary N) is 1. The van der Waals surface area contributed by atoms with Crippen molar-refractivity contribution in [3.05, 3.63) is 22.2 Å². The maximum Gasteiger partial charge on any atom is 0.311 e. The third-order valence-electron chi connectivity index (χ3n) is 4.68. The molecule has 7 nitrogen and oxygen atoms in total. The maximum absolute atomic E-state index is 10.9. The molecule has 0 bridgehead atoms. The average Bonchev–Trinajstić information content (AvgIpc) is 2.48. The van der Waals surface area contributed by atoms with Crippen LogP contribution < -0.4 is 16.0 Å². The van der Waals surface area contributed by atoms with E-state index in [1.54, 1.807) is 6.07 Å². The Morgan fingerprint density at radius 2 is 2.10 bits per heavy atom. The summed E-state index contributed by atoms with van der Waals surface area (Å²) in [4.78, 5) is 17.0. The number of pyridine rings is 1. The van der Waals surface area contributed by atoms with Gasteiger partial charge >= 0.3 is 5.69 Å². The maximum atomic E-state index is 10.9. The zero-order chi connectivity index (χ0) is 14.9. The van der Waals surface area contributed by atoms with E-state index < -0.39 is 4.92 Å². The van der Waals surface area contributed by atoms with Gasteiger partial charge in [-0.15, -0.1) is 0 Å². The van der Waals surface area contributed by atoms with Crippen LogP contribution in [0.3, 0.4) is 0 Å². The van der Waals surface area contributed by atoms with E-state index in [9.17, 15) is 10.1 Å². The first-order valence-corrected chi connectivity index (χ1v) is 7.52. The Balaban J connectivity index is 1.93. The van der Waals surface area contributed by atoms with Crippen LogP contribution in [-0.2, 0) is 0 Å². The number of piperazine rings is 1. The van der Waals surface area contributed by atoms with E-state index in [0.717, 1.165) is 38.3 Å². The number of nitrogens with one attached hydrogen (secondary N) is 1. The molecule has 0 atom stereocenters. The first-order valence-electron chi connectivity index (χ1n) is 7.52. The summed E-state index contributed by atoms with van der Waals surface area (Å²) in [6.07, 6.45) is 6.00. The van der Waals surface area contributed by atoms with Gasteiger partial charge in [-0.05, 0) is 18.9 Å². The Labute approximate surface area is 123 Å². The van der Waals surface area contributed by atoms with Crippen LogP contribution in [0.2, 0.25) is 0 Å². The van der Waals surface area contributed by atoms with E-state index in [1.807, 2.05) is 0 Å². The fraction of sp³-hybridized carbons (Fsp3) is 0.643. The van der Waals surface area contributed by atoms with Crippen LogP contribution in [0.15, 0.2) is 12.1 Å². The summed E-state index contributed by atoms with van der Waals surface area (Å²) in [6.45, 7) is 2.72. The number of aromatic nitrogens is 1. The Morgan fingerprint density at radius 3 is 2.76 bits per heavy atom. The second-order valence-electron chi connectivity index (χ2n) is 5.94. The molecule has 7 heteroatoms. The summed E-state index contributed by atoms with van der Waals surface area (Å²) in [7, 11) is 0. The number of hydrogen-bond donors (Lipinski definition) is 2. The van der Waals surface area contributed by atoms with E-state index in [4.69, 9.17) is 5.73 Å². The lowest BCUT2D eigenvalue weighted by Gasteiger charge is -2.50. The normalized spacial score (nSPS) is 21.4. The highest BCUT2D eigenvalue weighted by molar-refractivity contribution is 5.59. The number of rotatable bonds is 2. The zero-order valence-corrected chi connectivity index (χ0v) is 12.0. The molecule has 0 unspecified atom stereocenters. The largest absolute Gasteiger partial charge is 0.378 e. The zero-order valence-electron chi connectivity index (χ0n) is 12.0. The van der Waals surface area contributed by atoms with Gasteiger partial charge in [0.1, 0.15) is 5.82 Å². The lowest BCUT2D eigenvalue weighted by Crippen LogP contribution is -2.62. The summed E-state index contributed by atoms with van der Waals surface area (Å²) in [6, 6.07) is 3.20. The predicted octanol–water partition coefficient (Wildman–Crippen LogP) is 1.68. The summed E-state index contributed by atoms with van der Waals surface area (Å²) in [5, 5.41) is 14.3. The van der Waals surface area contributed by atoms with Gasteiger partial charge in [0, 0.05) is 25.7 Å². The molecule has 3 rings (SSSR count). The van der Waals surface area contributed by atoms with Crippen LogP contribution in [0.1, 0.15) is 32.1 Å². The molecular weight excluding hydrogens is 270 g/mol. The molecule has 2 aliphatic rings. The fourth-order valence-corrected chi connectivity index (χ4v) is 3.62. The molecule has 21 heavy (non-hydrogen) atoms. The summed E-state index contributed by atoms with van der Waals surface area (Å²) in [5.41, 5.74) is 5.72. The van der Waals surface area contributed by atoms with Crippen molar-refractivity contribution in [2.24, 2.45) is 0 Å². The lowest BCUT2D eigenvalue weighted by atomic mass is 9.79. The van der Waals surface area contributed by atoms with Crippen LogP contribution in [0.4, 0.5) is 17.3 Å². The molecule has 2 fully saturated rings. The van der Waals surface area contributed by atoms with Crippen LogP contribution in [0, 0.1) is 10.1 Å².